The standard InChI is InChI=1S/C24H27NO3/c1-4-9-22(18-27-17-19-10-7-6-8-11-19)28-24(5-2)25-15-14-20-16-21(26-3)12-13-23(20)25/h4-8,10-16,22,24H,1-2,9,17-18H2,3H3/t22-,24+/m0/s1. The molecule has 2 atom stereocenters. The molecule has 1 aromatic heterocycles. The fourth-order valence-electron chi connectivity index (χ4n) is 3.15. The fourth-order valence-corrected chi connectivity index (χ4v) is 3.15. The zero-order chi connectivity index (χ0) is 19.8. The smallest absolute Gasteiger partial charge is 0.153 e. The summed E-state index contributed by atoms with van der Waals surface area (Å²) in [5, 5.41) is 1.09. The summed E-state index contributed by atoms with van der Waals surface area (Å²) in [5.41, 5.74) is 2.21. The SMILES string of the molecule is C=CC[C@@H](COCc1ccccc1)O[C@H](C=C)n1ccc2cc(OC)ccc21. The highest BCUT2D eigenvalue weighted by Gasteiger charge is 2.17. The van der Waals surface area contributed by atoms with Crippen molar-refractivity contribution in [1.29, 1.82) is 0 Å². The van der Waals surface area contributed by atoms with E-state index in [9.17, 15) is 0 Å². The van der Waals surface area contributed by atoms with Gasteiger partial charge in [0.25, 0.3) is 0 Å². The van der Waals surface area contributed by atoms with Gasteiger partial charge in [-0.15, -0.1) is 6.58 Å². The highest BCUT2D eigenvalue weighted by atomic mass is 16.5. The minimum absolute atomic E-state index is 0.111. The van der Waals surface area contributed by atoms with E-state index in [2.05, 4.69) is 29.9 Å². The molecule has 0 aliphatic heterocycles. The molecular formula is C24H27NO3. The Morgan fingerprint density at radius 1 is 1.07 bits per heavy atom. The lowest BCUT2D eigenvalue weighted by molar-refractivity contribution is -0.0666. The number of rotatable bonds is 11. The molecule has 2 aromatic carbocycles. The van der Waals surface area contributed by atoms with Crippen LogP contribution in [-0.4, -0.2) is 24.4 Å². The van der Waals surface area contributed by atoms with Crippen molar-refractivity contribution in [2.45, 2.75) is 25.4 Å². The lowest BCUT2D eigenvalue weighted by Crippen LogP contribution is -2.24. The molecule has 28 heavy (non-hydrogen) atoms. The lowest BCUT2D eigenvalue weighted by Gasteiger charge is -2.24. The van der Waals surface area contributed by atoms with Gasteiger partial charge in [-0.3, -0.25) is 0 Å². The molecule has 0 saturated heterocycles. The average Bonchev–Trinajstić information content (AvgIpc) is 3.15. The maximum atomic E-state index is 6.30. The average molecular weight is 377 g/mol. The molecule has 4 nitrogen and oxygen atoms in total. The maximum absolute atomic E-state index is 6.30. The molecule has 4 heteroatoms. The van der Waals surface area contributed by atoms with E-state index in [0.29, 0.717) is 19.6 Å². The topological polar surface area (TPSA) is 32.6 Å². The monoisotopic (exact) mass is 377 g/mol. The summed E-state index contributed by atoms with van der Waals surface area (Å²) in [6, 6.07) is 18.2. The van der Waals surface area contributed by atoms with Crippen LogP contribution in [0.2, 0.25) is 0 Å². The first kappa shape index (κ1) is 19.9. The molecule has 0 aliphatic carbocycles. The third-order valence-corrected chi connectivity index (χ3v) is 4.58. The molecule has 0 radical (unpaired) electrons. The second-order valence-electron chi connectivity index (χ2n) is 6.56. The largest absolute Gasteiger partial charge is 0.497 e. The van der Waals surface area contributed by atoms with Gasteiger partial charge in [-0.1, -0.05) is 43.0 Å². The fraction of sp³-hybridized carbons (Fsp3) is 0.250. The van der Waals surface area contributed by atoms with Gasteiger partial charge in [0.1, 0.15) is 5.75 Å². The summed E-state index contributed by atoms with van der Waals surface area (Å²) in [6.45, 7) is 8.85. The van der Waals surface area contributed by atoms with Crippen LogP contribution >= 0.6 is 0 Å². The Bertz CT molecular complexity index is 901. The normalized spacial score (nSPS) is 13.2. The van der Waals surface area contributed by atoms with Crippen molar-refractivity contribution in [2.75, 3.05) is 13.7 Å². The van der Waals surface area contributed by atoms with Crippen LogP contribution in [0.3, 0.4) is 0 Å². The Hall–Kier alpha value is -2.82. The van der Waals surface area contributed by atoms with Gasteiger partial charge in [-0.05, 0) is 42.3 Å². The van der Waals surface area contributed by atoms with E-state index in [0.717, 1.165) is 22.2 Å². The number of ether oxygens (including phenoxy) is 3. The summed E-state index contributed by atoms with van der Waals surface area (Å²) in [6.07, 6.45) is 5.96. The second-order valence-corrected chi connectivity index (χ2v) is 6.56. The zero-order valence-electron chi connectivity index (χ0n) is 16.3. The van der Waals surface area contributed by atoms with Crippen LogP contribution in [0.15, 0.2) is 86.1 Å². The summed E-state index contributed by atoms with van der Waals surface area (Å²) in [5.74, 6) is 0.833. The van der Waals surface area contributed by atoms with Gasteiger partial charge in [0, 0.05) is 11.6 Å². The molecule has 0 unspecified atom stereocenters. The predicted molar refractivity (Wildman–Crippen MR) is 114 cm³/mol. The van der Waals surface area contributed by atoms with Gasteiger partial charge in [-0.2, -0.15) is 0 Å². The third kappa shape index (κ3) is 4.91. The molecule has 0 saturated carbocycles. The van der Waals surface area contributed by atoms with Gasteiger partial charge in [0.05, 0.1) is 31.9 Å². The van der Waals surface area contributed by atoms with Crippen molar-refractivity contribution in [3.05, 3.63) is 91.7 Å². The molecular weight excluding hydrogens is 350 g/mol. The van der Waals surface area contributed by atoms with Crippen molar-refractivity contribution in [2.24, 2.45) is 0 Å². The zero-order valence-corrected chi connectivity index (χ0v) is 16.3. The Balaban J connectivity index is 1.68. The minimum Gasteiger partial charge on any atom is -0.497 e. The third-order valence-electron chi connectivity index (χ3n) is 4.58. The van der Waals surface area contributed by atoms with Crippen LogP contribution < -0.4 is 4.74 Å². The number of hydrogen-bond donors (Lipinski definition) is 0. The Morgan fingerprint density at radius 3 is 2.61 bits per heavy atom. The quantitative estimate of drug-likeness (QED) is 0.413. The van der Waals surface area contributed by atoms with Crippen LogP contribution in [0.25, 0.3) is 10.9 Å². The number of nitrogens with zero attached hydrogens (tertiary/aromatic N) is 1. The van der Waals surface area contributed by atoms with Crippen molar-refractivity contribution in [3.63, 3.8) is 0 Å². The van der Waals surface area contributed by atoms with Crippen molar-refractivity contribution >= 4 is 10.9 Å². The summed E-state index contributed by atoms with van der Waals surface area (Å²) in [4.78, 5) is 0. The molecule has 0 aliphatic rings. The van der Waals surface area contributed by atoms with E-state index in [1.807, 2.05) is 54.7 Å². The lowest BCUT2D eigenvalue weighted by atomic mass is 10.2. The van der Waals surface area contributed by atoms with Gasteiger partial charge in [0.15, 0.2) is 6.23 Å². The Kier molecular flexibility index (Phi) is 7.06. The van der Waals surface area contributed by atoms with E-state index in [1.54, 1.807) is 13.2 Å². The van der Waals surface area contributed by atoms with E-state index in [4.69, 9.17) is 14.2 Å². The van der Waals surface area contributed by atoms with Crippen molar-refractivity contribution in [3.8, 4) is 5.75 Å². The van der Waals surface area contributed by atoms with Crippen LogP contribution in [0, 0.1) is 0 Å². The number of methoxy groups -OCH3 is 1. The first-order valence-electron chi connectivity index (χ1n) is 9.40. The number of fused-ring (bicyclic) bond motifs is 1. The summed E-state index contributed by atoms with van der Waals surface area (Å²) in [7, 11) is 1.67. The van der Waals surface area contributed by atoms with Gasteiger partial charge >= 0.3 is 0 Å². The molecule has 3 rings (SSSR count). The molecule has 0 bridgehead atoms. The van der Waals surface area contributed by atoms with Crippen LogP contribution in [0.4, 0.5) is 0 Å². The first-order valence-corrected chi connectivity index (χ1v) is 9.40. The summed E-state index contributed by atoms with van der Waals surface area (Å²) < 4.78 is 19.6. The minimum atomic E-state index is -0.295. The molecule has 0 spiro atoms. The number of benzene rings is 2. The second kappa shape index (κ2) is 9.93. The predicted octanol–water partition coefficient (Wildman–Crippen LogP) is 5.51. The Morgan fingerprint density at radius 2 is 1.89 bits per heavy atom. The van der Waals surface area contributed by atoms with Gasteiger partial charge in [-0.25, -0.2) is 0 Å². The molecule has 1 heterocycles. The van der Waals surface area contributed by atoms with E-state index in [-0.39, 0.29) is 12.3 Å². The van der Waals surface area contributed by atoms with E-state index in [1.165, 1.54) is 0 Å². The van der Waals surface area contributed by atoms with Crippen LogP contribution in [-0.2, 0) is 16.1 Å². The molecule has 0 fully saturated rings. The van der Waals surface area contributed by atoms with Crippen LogP contribution in [0.1, 0.15) is 18.2 Å². The Labute approximate surface area is 166 Å². The molecule has 0 amide bonds. The number of aromatic nitrogens is 1. The highest BCUT2D eigenvalue weighted by molar-refractivity contribution is 5.81. The first-order chi connectivity index (χ1) is 13.7. The van der Waals surface area contributed by atoms with Gasteiger partial charge < -0.3 is 18.8 Å². The van der Waals surface area contributed by atoms with Gasteiger partial charge in [0.2, 0.25) is 0 Å². The van der Waals surface area contributed by atoms with Crippen molar-refractivity contribution < 1.29 is 14.2 Å². The number of hydrogen-bond acceptors (Lipinski definition) is 3. The highest BCUT2D eigenvalue weighted by Crippen LogP contribution is 2.26. The maximum Gasteiger partial charge on any atom is 0.153 e. The molecule has 0 N–H and O–H groups in total. The molecule has 3 aromatic rings. The van der Waals surface area contributed by atoms with E-state index < -0.39 is 0 Å². The van der Waals surface area contributed by atoms with Crippen LogP contribution in [0.5, 0.6) is 5.75 Å². The molecule has 146 valence electrons. The summed E-state index contributed by atoms with van der Waals surface area (Å²) >= 11 is 0. The van der Waals surface area contributed by atoms with Crippen molar-refractivity contribution in [1.82, 2.24) is 4.57 Å². The van der Waals surface area contributed by atoms with E-state index >= 15 is 0 Å².